The van der Waals surface area contributed by atoms with Gasteiger partial charge in [0.05, 0.1) is 22.8 Å². The van der Waals surface area contributed by atoms with Crippen molar-refractivity contribution in [3.8, 4) is 0 Å². The van der Waals surface area contributed by atoms with Crippen molar-refractivity contribution in [3.63, 3.8) is 0 Å². The molecule has 1 atom stereocenters. The molecule has 158 valence electrons. The van der Waals surface area contributed by atoms with Crippen molar-refractivity contribution in [1.82, 2.24) is 24.3 Å². The summed E-state index contributed by atoms with van der Waals surface area (Å²) in [7, 11) is 0. The SMILES string of the molecule is Cc1nc(C(=O)N2CCc3nc4n(c(=O)c3C2)CCC42CCN(CC3CC3)C2)cs1. The van der Waals surface area contributed by atoms with E-state index in [2.05, 4.69) is 9.88 Å². The van der Waals surface area contributed by atoms with Crippen LogP contribution in [0.2, 0.25) is 0 Å². The number of fused-ring (bicyclic) bond motifs is 3. The number of hydrogen-bond acceptors (Lipinski definition) is 6. The summed E-state index contributed by atoms with van der Waals surface area (Å²) in [5.41, 5.74) is 2.21. The number of aryl methyl sites for hydroxylation is 1. The Balaban J connectivity index is 1.28. The molecule has 1 spiro atoms. The predicted molar refractivity (Wildman–Crippen MR) is 114 cm³/mol. The third-order valence-corrected chi connectivity index (χ3v) is 8.15. The van der Waals surface area contributed by atoms with Crippen molar-refractivity contribution in [2.75, 3.05) is 26.2 Å². The van der Waals surface area contributed by atoms with Crippen LogP contribution in [0.5, 0.6) is 0 Å². The second-order valence-electron chi connectivity index (χ2n) is 9.50. The van der Waals surface area contributed by atoms with E-state index in [4.69, 9.17) is 4.98 Å². The van der Waals surface area contributed by atoms with Crippen LogP contribution >= 0.6 is 11.3 Å². The third-order valence-electron chi connectivity index (χ3n) is 7.38. The highest BCUT2D eigenvalue weighted by molar-refractivity contribution is 7.09. The monoisotopic (exact) mass is 425 g/mol. The van der Waals surface area contributed by atoms with Crippen LogP contribution in [-0.4, -0.2) is 56.4 Å². The molecule has 0 radical (unpaired) electrons. The fraction of sp³-hybridized carbons (Fsp3) is 0.636. The normalized spacial score (nSPS) is 25.7. The minimum atomic E-state index is -0.0853. The molecule has 1 saturated heterocycles. The first-order valence-corrected chi connectivity index (χ1v) is 12.0. The van der Waals surface area contributed by atoms with E-state index in [9.17, 15) is 9.59 Å². The van der Waals surface area contributed by atoms with Crippen LogP contribution in [0.1, 0.15) is 58.3 Å². The largest absolute Gasteiger partial charge is 0.332 e. The summed E-state index contributed by atoms with van der Waals surface area (Å²) >= 11 is 1.48. The smallest absolute Gasteiger partial charge is 0.273 e. The molecule has 0 bridgehead atoms. The van der Waals surface area contributed by atoms with Gasteiger partial charge in [0.25, 0.3) is 11.5 Å². The Kier molecular flexibility index (Phi) is 4.19. The zero-order valence-corrected chi connectivity index (χ0v) is 18.2. The second kappa shape index (κ2) is 6.72. The molecule has 1 amide bonds. The van der Waals surface area contributed by atoms with Gasteiger partial charge in [-0.3, -0.25) is 14.2 Å². The van der Waals surface area contributed by atoms with Gasteiger partial charge in [-0.1, -0.05) is 0 Å². The van der Waals surface area contributed by atoms with Crippen LogP contribution in [0, 0.1) is 12.8 Å². The number of thiazole rings is 1. The van der Waals surface area contributed by atoms with E-state index in [1.165, 1.54) is 30.7 Å². The van der Waals surface area contributed by atoms with E-state index in [0.717, 1.165) is 54.9 Å². The van der Waals surface area contributed by atoms with E-state index < -0.39 is 0 Å². The first-order chi connectivity index (χ1) is 14.5. The van der Waals surface area contributed by atoms with Gasteiger partial charge in [0.15, 0.2) is 0 Å². The molecule has 1 saturated carbocycles. The molecule has 4 aliphatic rings. The van der Waals surface area contributed by atoms with E-state index in [1.54, 1.807) is 10.3 Å². The minimum absolute atomic E-state index is 0.0498. The highest BCUT2D eigenvalue weighted by Gasteiger charge is 2.47. The molecular formula is C22H27N5O2S. The highest BCUT2D eigenvalue weighted by atomic mass is 32.1. The van der Waals surface area contributed by atoms with Crippen LogP contribution in [-0.2, 0) is 24.9 Å². The molecule has 1 unspecified atom stereocenters. The van der Waals surface area contributed by atoms with Gasteiger partial charge >= 0.3 is 0 Å². The number of carbonyl (C=O) groups is 1. The van der Waals surface area contributed by atoms with Gasteiger partial charge in [-0.15, -0.1) is 11.3 Å². The number of hydrogen-bond donors (Lipinski definition) is 0. The quantitative estimate of drug-likeness (QED) is 0.752. The standard InChI is InChI=1S/C22H27N5O2S/c1-14-23-18(12-30-14)20(29)26-7-4-17-16(11-26)19(28)27-9-6-22(21(27)24-17)5-8-25(13-22)10-15-2-3-15/h12,15H,2-11,13H2,1H3. The zero-order valence-electron chi connectivity index (χ0n) is 17.4. The van der Waals surface area contributed by atoms with E-state index in [0.29, 0.717) is 30.8 Å². The van der Waals surface area contributed by atoms with Crippen LogP contribution < -0.4 is 5.56 Å². The molecule has 0 N–H and O–H groups in total. The summed E-state index contributed by atoms with van der Waals surface area (Å²) in [6, 6.07) is 0. The fourth-order valence-electron chi connectivity index (χ4n) is 5.53. The Bertz CT molecular complexity index is 1090. The van der Waals surface area contributed by atoms with Gasteiger partial charge < -0.3 is 9.80 Å². The van der Waals surface area contributed by atoms with Crippen molar-refractivity contribution in [2.45, 2.75) is 57.5 Å². The molecule has 2 aromatic heterocycles. The van der Waals surface area contributed by atoms with Crippen LogP contribution in [0.3, 0.4) is 0 Å². The summed E-state index contributed by atoms with van der Waals surface area (Å²) in [6.07, 6.45) is 5.52. The Hall–Kier alpha value is -2.06. The number of nitrogens with zero attached hydrogens (tertiary/aromatic N) is 5. The molecule has 3 aliphatic heterocycles. The third kappa shape index (κ3) is 2.95. The zero-order chi connectivity index (χ0) is 20.5. The lowest BCUT2D eigenvalue weighted by atomic mass is 9.85. The van der Waals surface area contributed by atoms with Crippen LogP contribution in [0.4, 0.5) is 0 Å². The summed E-state index contributed by atoms with van der Waals surface area (Å²) < 4.78 is 1.92. The van der Waals surface area contributed by atoms with Crippen molar-refractivity contribution >= 4 is 17.2 Å². The highest BCUT2D eigenvalue weighted by Crippen LogP contribution is 2.42. The first kappa shape index (κ1) is 18.7. The number of aromatic nitrogens is 3. The Morgan fingerprint density at radius 3 is 2.83 bits per heavy atom. The van der Waals surface area contributed by atoms with Gasteiger partial charge in [0, 0.05) is 43.4 Å². The van der Waals surface area contributed by atoms with E-state index in [-0.39, 0.29) is 16.9 Å². The topological polar surface area (TPSA) is 71.3 Å². The summed E-state index contributed by atoms with van der Waals surface area (Å²) in [4.78, 5) is 40.0. The van der Waals surface area contributed by atoms with Crippen molar-refractivity contribution < 1.29 is 4.79 Å². The molecule has 8 heteroatoms. The second-order valence-corrected chi connectivity index (χ2v) is 10.6. The minimum Gasteiger partial charge on any atom is -0.332 e. The van der Waals surface area contributed by atoms with Crippen molar-refractivity contribution in [2.24, 2.45) is 5.92 Å². The van der Waals surface area contributed by atoms with Crippen molar-refractivity contribution in [3.05, 3.63) is 43.5 Å². The van der Waals surface area contributed by atoms with Gasteiger partial charge in [-0.05, 0) is 45.1 Å². The Morgan fingerprint density at radius 2 is 2.07 bits per heavy atom. The fourth-order valence-corrected chi connectivity index (χ4v) is 6.11. The molecule has 1 aliphatic carbocycles. The molecule has 5 heterocycles. The average molecular weight is 426 g/mol. The first-order valence-electron chi connectivity index (χ1n) is 11.1. The Labute approximate surface area is 179 Å². The summed E-state index contributed by atoms with van der Waals surface area (Å²) in [6.45, 7) is 6.98. The lowest BCUT2D eigenvalue weighted by molar-refractivity contribution is 0.0726. The average Bonchev–Trinajstić information content (AvgIpc) is 3.14. The number of carbonyl (C=O) groups excluding carboxylic acids is 1. The molecular weight excluding hydrogens is 398 g/mol. The summed E-state index contributed by atoms with van der Waals surface area (Å²) in [5.74, 6) is 1.82. The Morgan fingerprint density at radius 1 is 1.23 bits per heavy atom. The molecule has 6 rings (SSSR count). The van der Waals surface area contributed by atoms with E-state index in [1.807, 2.05) is 11.5 Å². The molecule has 7 nitrogen and oxygen atoms in total. The van der Waals surface area contributed by atoms with E-state index >= 15 is 0 Å². The number of rotatable bonds is 3. The number of likely N-dealkylation sites (tertiary alicyclic amines) is 1. The molecule has 2 aromatic rings. The van der Waals surface area contributed by atoms with Gasteiger partial charge in [0.1, 0.15) is 11.5 Å². The van der Waals surface area contributed by atoms with Gasteiger partial charge in [-0.2, -0.15) is 0 Å². The number of amides is 1. The molecule has 0 aromatic carbocycles. The lowest BCUT2D eigenvalue weighted by Crippen LogP contribution is -2.42. The molecule has 2 fully saturated rings. The van der Waals surface area contributed by atoms with Gasteiger partial charge in [0.2, 0.25) is 0 Å². The maximum atomic E-state index is 13.4. The molecule has 30 heavy (non-hydrogen) atoms. The predicted octanol–water partition coefficient (Wildman–Crippen LogP) is 1.96. The lowest BCUT2D eigenvalue weighted by Gasteiger charge is -2.29. The van der Waals surface area contributed by atoms with Gasteiger partial charge in [-0.25, -0.2) is 9.97 Å². The maximum Gasteiger partial charge on any atom is 0.273 e. The van der Waals surface area contributed by atoms with Crippen molar-refractivity contribution in [1.29, 1.82) is 0 Å². The summed E-state index contributed by atoms with van der Waals surface area (Å²) in [5, 5.41) is 2.69. The van der Waals surface area contributed by atoms with Crippen LogP contribution in [0.25, 0.3) is 0 Å². The maximum absolute atomic E-state index is 13.4. The van der Waals surface area contributed by atoms with Crippen LogP contribution in [0.15, 0.2) is 10.2 Å².